The van der Waals surface area contributed by atoms with Gasteiger partial charge in [-0.15, -0.1) is 0 Å². The van der Waals surface area contributed by atoms with Gasteiger partial charge >= 0.3 is 0 Å². The van der Waals surface area contributed by atoms with Gasteiger partial charge in [0, 0.05) is 12.6 Å². The van der Waals surface area contributed by atoms with E-state index in [0.717, 1.165) is 12.1 Å². The van der Waals surface area contributed by atoms with Crippen molar-refractivity contribution < 1.29 is 14.3 Å². The average Bonchev–Trinajstić information content (AvgIpc) is 2.36. The predicted molar refractivity (Wildman–Crippen MR) is 74.5 cm³/mol. The molecule has 2 N–H and O–H groups in total. The third-order valence-electron chi connectivity index (χ3n) is 2.42. The first-order valence-corrected chi connectivity index (χ1v) is 6.30. The van der Waals surface area contributed by atoms with Crippen LogP contribution in [0.5, 0.6) is 11.5 Å². The smallest absolute Gasteiger partial charge is 0.258 e. The number of amides is 1. The van der Waals surface area contributed by atoms with Crippen molar-refractivity contribution in [2.24, 2.45) is 0 Å². The Bertz CT molecular complexity index is 419. The van der Waals surface area contributed by atoms with Gasteiger partial charge in [0.25, 0.3) is 5.91 Å². The molecule has 106 valence electrons. The highest BCUT2D eigenvalue weighted by Crippen LogP contribution is 2.27. The highest BCUT2D eigenvalue weighted by Gasteiger charge is 2.09. The van der Waals surface area contributed by atoms with E-state index in [4.69, 9.17) is 9.47 Å². The van der Waals surface area contributed by atoms with Gasteiger partial charge in [0.05, 0.1) is 7.11 Å². The summed E-state index contributed by atoms with van der Waals surface area (Å²) in [7, 11) is 3.45. The summed E-state index contributed by atoms with van der Waals surface area (Å²) in [6, 6.07) is 5.77. The first kappa shape index (κ1) is 15.3. The van der Waals surface area contributed by atoms with Crippen LogP contribution in [-0.2, 0) is 11.3 Å². The Morgan fingerprint density at radius 2 is 2.05 bits per heavy atom. The molecule has 0 bridgehead atoms. The van der Waals surface area contributed by atoms with E-state index in [0.29, 0.717) is 11.5 Å². The molecule has 0 saturated heterocycles. The molecule has 5 heteroatoms. The van der Waals surface area contributed by atoms with Gasteiger partial charge in [0.1, 0.15) is 0 Å². The molecule has 0 aliphatic heterocycles. The summed E-state index contributed by atoms with van der Waals surface area (Å²) in [5.41, 5.74) is 1.07. The Kier molecular flexibility index (Phi) is 6.15. The van der Waals surface area contributed by atoms with Gasteiger partial charge in [-0.05, 0) is 38.6 Å². The summed E-state index contributed by atoms with van der Waals surface area (Å²) in [5, 5.41) is 5.84. The van der Waals surface area contributed by atoms with E-state index in [1.807, 2.05) is 39.1 Å². The maximum atomic E-state index is 11.5. The molecule has 0 unspecified atom stereocenters. The molecule has 0 saturated carbocycles. The number of ether oxygens (including phenoxy) is 2. The molecule has 0 spiro atoms. The maximum absolute atomic E-state index is 11.5. The fourth-order valence-electron chi connectivity index (χ4n) is 1.65. The lowest BCUT2D eigenvalue weighted by atomic mass is 10.2. The number of nitrogens with one attached hydrogen (secondary N) is 2. The second-order valence-corrected chi connectivity index (χ2v) is 4.53. The normalized spacial score (nSPS) is 10.4. The third kappa shape index (κ3) is 5.18. The SMILES string of the molecule is CNCc1ccc(OC)c(OCC(=O)NC(C)C)c1. The zero-order valence-corrected chi connectivity index (χ0v) is 11.9. The van der Waals surface area contributed by atoms with Gasteiger partial charge in [0.2, 0.25) is 0 Å². The van der Waals surface area contributed by atoms with E-state index in [1.54, 1.807) is 7.11 Å². The van der Waals surface area contributed by atoms with E-state index >= 15 is 0 Å². The Balaban J connectivity index is 2.69. The van der Waals surface area contributed by atoms with Crippen molar-refractivity contribution in [2.75, 3.05) is 20.8 Å². The third-order valence-corrected chi connectivity index (χ3v) is 2.42. The van der Waals surface area contributed by atoms with E-state index in [-0.39, 0.29) is 18.6 Å². The lowest BCUT2D eigenvalue weighted by Gasteiger charge is -2.13. The molecule has 0 atom stereocenters. The van der Waals surface area contributed by atoms with Gasteiger partial charge in [-0.25, -0.2) is 0 Å². The molecule has 5 nitrogen and oxygen atoms in total. The molecule has 19 heavy (non-hydrogen) atoms. The molecule has 0 aliphatic rings. The van der Waals surface area contributed by atoms with Crippen molar-refractivity contribution in [2.45, 2.75) is 26.4 Å². The van der Waals surface area contributed by atoms with Crippen LogP contribution in [0.25, 0.3) is 0 Å². The van der Waals surface area contributed by atoms with Crippen LogP contribution >= 0.6 is 0 Å². The zero-order valence-electron chi connectivity index (χ0n) is 11.9. The molecule has 0 aliphatic carbocycles. The second kappa shape index (κ2) is 7.63. The number of rotatable bonds is 7. The number of benzene rings is 1. The highest BCUT2D eigenvalue weighted by atomic mass is 16.5. The second-order valence-electron chi connectivity index (χ2n) is 4.53. The lowest BCUT2D eigenvalue weighted by molar-refractivity contribution is -0.123. The number of hydrogen-bond acceptors (Lipinski definition) is 4. The van der Waals surface area contributed by atoms with Crippen LogP contribution in [-0.4, -0.2) is 32.7 Å². The fourth-order valence-corrected chi connectivity index (χ4v) is 1.65. The summed E-state index contributed by atoms with van der Waals surface area (Å²) in [6.07, 6.45) is 0. The van der Waals surface area contributed by atoms with Gasteiger partial charge in [-0.2, -0.15) is 0 Å². The van der Waals surface area contributed by atoms with E-state index in [2.05, 4.69) is 10.6 Å². The monoisotopic (exact) mass is 266 g/mol. The average molecular weight is 266 g/mol. The molecule has 1 aromatic carbocycles. The first-order chi connectivity index (χ1) is 9.06. The Labute approximate surface area is 114 Å². The molecule has 0 radical (unpaired) electrons. The molecule has 1 aromatic rings. The Hall–Kier alpha value is -1.75. The van der Waals surface area contributed by atoms with Crippen LogP contribution in [0, 0.1) is 0 Å². The quantitative estimate of drug-likeness (QED) is 0.781. The van der Waals surface area contributed by atoms with Crippen molar-refractivity contribution in [3.8, 4) is 11.5 Å². The van der Waals surface area contributed by atoms with Crippen molar-refractivity contribution in [3.05, 3.63) is 23.8 Å². The van der Waals surface area contributed by atoms with E-state index in [9.17, 15) is 4.79 Å². The molecule has 0 heterocycles. The lowest BCUT2D eigenvalue weighted by Crippen LogP contribution is -2.34. The number of carbonyl (C=O) groups is 1. The van der Waals surface area contributed by atoms with Crippen molar-refractivity contribution in [3.63, 3.8) is 0 Å². The minimum atomic E-state index is -0.143. The van der Waals surface area contributed by atoms with Crippen LogP contribution in [0.4, 0.5) is 0 Å². The molecular weight excluding hydrogens is 244 g/mol. The van der Waals surface area contributed by atoms with E-state index in [1.165, 1.54) is 0 Å². The Morgan fingerprint density at radius 3 is 2.63 bits per heavy atom. The van der Waals surface area contributed by atoms with Crippen LogP contribution in [0.15, 0.2) is 18.2 Å². The van der Waals surface area contributed by atoms with Gasteiger partial charge in [-0.3, -0.25) is 4.79 Å². The highest BCUT2D eigenvalue weighted by molar-refractivity contribution is 5.77. The standard InChI is InChI=1S/C14H22N2O3/c1-10(2)16-14(17)9-19-13-7-11(8-15-3)5-6-12(13)18-4/h5-7,10,15H,8-9H2,1-4H3,(H,16,17). The summed E-state index contributed by atoms with van der Waals surface area (Å²) in [4.78, 5) is 11.5. The minimum absolute atomic E-state index is 0.0163. The molecule has 1 amide bonds. The largest absolute Gasteiger partial charge is 0.493 e. The van der Waals surface area contributed by atoms with Crippen molar-refractivity contribution in [1.82, 2.24) is 10.6 Å². The van der Waals surface area contributed by atoms with Crippen LogP contribution < -0.4 is 20.1 Å². The number of methoxy groups -OCH3 is 1. The number of hydrogen-bond donors (Lipinski definition) is 2. The Morgan fingerprint density at radius 1 is 1.32 bits per heavy atom. The minimum Gasteiger partial charge on any atom is -0.493 e. The summed E-state index contributed by atoms with van der Waals surface area (Å²) >= 11 is 0. The van der Waals surface area contributed by atoms with E-state index < -0.39 is 0 Å². The van der Waals surface area contributed by atoms with Gasteiger partial charge in [0.15, 0.2) is 18.1 Å². The maximum Gasteiger partial charge on any atom is 0.258 e. The van der Waals surface area contributed by atoms with Gasteiger partial charge in [-0.1, -0.05) is 6.07 Å². The fraction of sp³-hybridized carbons (Fsp3) is 0.500. The molecule has 1 rings (SSSR count). The molecule has 0 aromatic heterocycles. The summed E-state index contributed by atoms with van der Waals surface area (Å²) < 4.78 is 10.7. The summed E-state index contributed by atoms with van der Waals surface area (Å²) in [5.74, 6) is 1.06. The van der Waals surface area contributed by atoms with Gasteiger partial charge < -0.3 is 20.1 Å². The first-order valence-electron chi connectivity index (χ1n) is 6.30. The zero-order chi connectivity index (χ0) is 14.3. The van der Waals surface area contributed by atoms with Crippen molar-refractivity contribution >= 4 is 5.91 Å². The van der Waals surface area contributed by atoms with Crippen molar-refractivity contribution in [1.29, 1.82) is 0 Å². The topological polar surface area (TPSA) is 59.6 Å². The molecular formula is C14H22N2O3. The number of carbonyl (C=O) groups excluding carboxylic acids is 1. The van der Waals surface area contributed by atoms with Crippen LogP contribution in [0.2, 0.25) is 0 Å². The predicted octanol–water partition coefficient (Wildman–Crippen LogP) is 1.32. The summed E-state index contributed by atoms with van der Waals surface area (Å²) in [6.45, 7) is 4.54. The van der Waals surface area contributed by atoms with Crippen LogP contribution in [0.3, 0.4) is 0 Å². The van der Waals surface area contributed by atoms with Crippen LogP contribution in [0.1, 0.15) is 19.4 Å². The molecule has 0 fully saturated rings.